The van der Waals surface area contributed by atoms with Crippen LogP contribution in [-0.4, -0.2) is 43.0 Å². The molecule has 2 heterocycles. The van der Waals surface area contributed by atoms with Crippen LogP contribution in [0.4, 0.5) is 14.5 Å². The van der Waals surface area contributed by atoms with Gasteiger partial charge in [0.1, 0.15) is 11.6 Å². The Bertz CT molecular complexity index is 1000. The Morgan fingerprint density at radius 3 is 2.35 bits per heavy atom. The highest BCUT2D eigenvalue weighted by Crippen LogP contribution is 2.30. The SMILES string of the molecule is C[C@@H](NC(=O)c1cccc(F)c1)[C@@H](c1cccs1)N1CCN(c2ccc(F)cc2)CC1. The second-order valence-corrected chi connectivity index (χ2v) is 8.71. The fourth-order valence-electron chi connectivity index (χ4n) is 4.11. The van der Waals surface area contributed by atoms with Gasteiger partial charge in [-0.1, -0.05) is 12.1 Å². The minimum Gasteiger partial charge on any atom is -0.369 e. The fourth-order valence-corrected chi connectivity index (χ4v) is 5.08. The lowest BCUT2D eigenvalue weighted by molar-refractivity contribution is 0.0890. The van der Waals surface area contributed by atoms with E-state index in [-0.39, 0.29) is 23.8 Å². The maximum absolute atomic E-state index is 13.5. The number of anilines is 1. The van der Waals surface area contributed by atoms with Gasteiger partial charge in [-0.05, 0) is 60.8 Å². The molecule has 0 bridgehead atoms. The minimum atomic E-state index is -0.424. The van der Waals surface area contributed by atoms with Crippen LogP contribution in [0.3, 0.4) is 0 Å². The number of nitrogens with zero attached hydrogens (tertiary/aromatic N) is 2. The number of thiophene rings is 1. The number of rotatable bonds is 6. The number of amides is 1. The Morgan fingerprint density at radius 2 is 1.71 bits per heavy atom. The first kappa shape index (κ1) is 21.5. The molecule has 31 heavy (non-hydrogen) atoms. The predicted molar refractivity (Wildman–Crippen MR) is 121 cm³/mol. The van der Waals surface area contributed by atoms with Gasteiger partial charge in [-0.3, -0.25) is 9.69 Å². The van der Waals surface area contributed by atoms with Crippen molar-refractivity contribution in [3.8, 4) is 0 Å². The molecule has 4 rings (SSSR count). The van der Waals surface area contributed by atoms with Gasteiger partial charge in [0.25, 0.3) is 5.91 Å². The third kappa shape index (κ3) is 5.11. The molecule has 4 nitrogen and oxygen atoms in total. The maximum Gasteiger partial charge on any atom is 0.251 e. The molecule has 1 saturated heterocycles. The first-order valence-electron chi connectivity index (χ1n) is 10.4. The minimum absolute atomic E-state index is 0.0212. The van der Waals surface area contributed by atoms with Crippen LogP contribution in [0.5, 0.6) is 0 Å². The van der Waals surface area contributed by atoms with Gasteiger partial charge in [-0.2, -0.15) is 0 Å². The number of benzene rings is 2. The second-order valence-electron chi connectivity index (χ2n) is 7.73. The number of piperazine rings is 1. The van der Waals surface area contributed by atoms with Gasteiger partial charge >= 0.3 is 0 Å². The number of hydrogen-bond acceptors (Lipinski definition) is 4. The van der Waals surface area contributed by atoms with E-state index in [0.717, 1.165) is 31.9 Å². The van der Waals surface area contributed by atoms with Crippen molar-refractivity contribution in [3.63, 3.8) is 0 Å². The summed E-state index contributed by atoms with van der Waals surface area (Å²) in [7, 11) is 0. The summed E-state index contributed by atoms with van der Waals surface area (Å²) >= 11 is 1.67. The summed E-state index contributed by atoms with van der Waals surface area (Å²) < 4.78 is 26.8. The molecule has 1 N–H and O–H groups in total. The van der Waals surface area contributed by atoms with Crippen LogP contribution in [0.1, 0.15) is 28.2 Å². The molecule has 3 aromatic rings. The molecule has 7 heteroatoms. The van der Waals surface area contributed by atoms with E-state index in [9.17, 15) is 13.6 Å². The Hall–Kier alpha value is -2.77. The highest BCUT2D eigenvalue weighted by Gasteiger charge is 2.31. The molecule has 162 valence electrons. The van der Waals surface area contributed by atoms with Gasteiger partial charge in [-0.15, -0.1) is 11.3 Å². The van der Waals surface area contributed by atoms with Crippen molar-refractivity contribution >= 4 is 22.9 Å². The van der Waals surface area contributed by atoms with Crippen molar-refractivity contribution in [3.05, 3.63) is 88.1 Å². The average Bonchev–Trinajstić information content (AvgIpc) is 3.29. The Labute approximate surface area is 185 Å². The summed E-state index contributed by atoms with van der Waals surface area (Å²) in [6, 6.07) is 16.3. The Kier molecular flexibility index (Phi) is 6.63. The maximum atomic E-state index is 13.5. The molecular formula is C24H25F2N3OS. The largest absolute Gasteiger partial charge is 0.369 e. The summed E-state index contributed by atoms with van der Waals surface area (Å²) in [5.41, 5.74) is 1.33. The lowest BCUT2D eigenvalue weighted by Crippen LogP contribution is -2.52. The van der Waals surface area contributed by atoms with Crippen LogP contribution < -0.4 is 10.2 Å². The first-order chi connectivity index (χ1) is 15.0. The second kappa shape index (κ2) is 9.58. The van der Waals surface area contributed by atoms with E-state index in [1.807, 2.05) is 30.5 Å². The van der Waals surface area contributed by atoms with Crippen molar-refractivity contribution in [1.29, 1.82) is 0 Å². The van der Waals surface area contributed by atoms with Crippen LogP contribution in [0.15, 0.2) is 66.0 Å². The van der Waals surface area contributed by atoms with E-state index < -0.39 is 5.82 Å². The zero-order chi connectivity index (χ0) is 21.8. The van der Waals surface area contributed by atoms with Gasteiger partial charge < -0.3 is 10.2 Å². The van der Waals surface area contributed by atoms with Crippen LogP contribution >= 0.6 is 11.3 Å². The molecule has 0 spiro atoms. The number of nitrogens with one attached hydrogen (secondary N) is 1. The average molecular weight is 442 g/mol. The van der Waals surface area contributed by atoms with Crippen molar-refractivity contribution in [2.24, 2.45) is 0 Å². The highest BCUT2D eigenvalue weighted by molar-refractivity contribution is 7.10. The van der Waals surface area contributed by atoms with Gasteiger partial charge in [-0.25, -0.2) is 8.78 Å². The zero-order valence-electron chi connectivity index (χ0n) is 17.3. The Morgan fingerprint density at radius 1 is 0.968 bits per heavy atom. The molecule has 1 fully saturated rings. The van der Waals surface area contributed by atoms with E-state index in [4.69, 9.17) is 0 Å². The monoisotopic (exact) mass is 441 g/mol. The number of hydrogen-bond donors (Lipinski definition) is 1. The molecule has 1 aliphatic rings. The van der Waals surface area contributed by atoms with Crippen LogP contribution in [0.25, 0.3) is 0 Å². The van der Waals surface area contributed by atoms with Gasteiger partial charge in [0.2, 0.25) is 0 Å². The smallest absolute Gasteiger partial charge is 0.251 e. The standard InChI is InChI=1S/C24H25F2N3OS/c1-17(27-24(30)18-4-2-5-20(26)16-18)23(22-6-3-15-31-22)29-13-11-28(12-14-29)21-9-7-19(25)8-10-21/h2-10,15-17,23H,11-14H2,1H3,(H,27,30)/t17-,23+/m1/s1. The number of carbonyl (C=O) groups excluding carboxylic acids is 1. The Balaban J connectivity index is 1.46. The lowest BCUT2D eigenvalue weighted by atomic mass is 10.0. The van der Waals surface area contributed by atoms with E-state index >= 15 is 0 Å². The molecule has 0 saturated carbocycles. The van der Waals surface area contributed by atoms with E-state index in [2.05, 4.69) is 21.2 Å². The molecule has 1 amide bonds. The molecular weight excluding hydrogens is 416 g/mol. The van der Waals surface area contributed by atoms with E-state index in [1.165, 1.54) is 29.1 Å². The van der Waals surface area contributed by atoms with Crippen molar-refractivity contribution < 1.29 is 13.6 Å². The summed E-state index contributed by atoms with van der Waals surface area (Å²) in [5, 5.41) is 5.10. The molecule has 0 aliphatic carbocycles. The summed E-state index contributed by atoms with van der Waals surface area (Å²) in [6.07, 6.45) is 0. The summed E-state index contributed by atoms with van der Waals surface area (Å²) in [4.78, 5) is 18.5. The molecule has 0 unspecified atom stereocenters. The molecule has 2 aromatic carbocycles. The van der Waals surface area contributed by atoms with Gasteiger partial charge in [0.15, 0.2) is 0 Å². The predicted octanol–water partition coefficient (Wildman–Crippen LogP) is 4.71. The zero-order valence-corrected chi connectivity index (χ0v) is 18.1. The van der Waals surface area contributed by atoms with Crippen molar-refractivity contribution in [2.45, 2.75) is 19.0 Å². The van der Waals surface area contributed by atoms with Crippen molar-refractivity contribution in [2.75, 3.05) is 31.1 Å². The third-order valence-corrected chi connectivity index (χ3v) is 6.60. The third-order valence-electron chi connectivity index (χ3n) is 5.65. The van der Waals surface area contributed by atoms with E-state index in [1.54, 1.807) is 23.5 Å². The molecule has 0 radical (unpaired) electrons. The van der Waals surface area contributed by atoms with Crippen molar-refractivity contribution in [1.82, 2.24) is 10.2 Å². The topological polar surface area (TPSA) is 35.6 Å². The van der Waals surface area contributed by atoms with Gasteiger partial charge in [0.05, 0.1) is 6.04 Å². The number of halogens is 2. The normalized spacial score (nSPS) is 16.7. The first-order valence-corrected chi connectivity index (χ1v) is 11.2. The quantitative estimate of drug-likeness (QED) is 0.602. The number of carbonyl (C=O) groups is 1. The van der Waals surface area contributed by atoms with Crippen LogP contribution in [-0.2, 0) is 0 Å². The highest BCUT2D eigenvalue weighted by atomic mass is 32.1. The summed E-state index contributed by atoms with van der Waals surface area (Å²) in [6.45, 7) is 5.27. The molecule has 1 aromatic heterocycles. The van der Waals surface area contributed by atoms with E-state index in [0.29, 0.717) is 5.56 Å². The molecule has 1 aliphatic heterocycles. The van der Waals surface area contributed by atoms with Crippen LogP contribution in [0.2, 0.25) is 0 Å². The fraction of sp³-hybridized carbons (Fsp3) is 0.292. The lowest BCUT2D eigenvalue weighted by Gasteiger charge is -2.42. The molecule has 2 atom stereocenters. The van der Waals surface area contributed by atoms with Gasteiger partial charge in [0, 0.05) is 48.3 Å². The van der Waals surface area contributed by atoms with Crippen LogP contribution in [0, 0.1) is 11.6 Å². The summed E-state index contributed by atoms with van der Waals surface area (Å²) in [5.74, 6) is -0.937.